The van der Waals surface area contributed by atoms with E-state index in [-0.39, 0.29) is 23.5 Å². The summed E-state index contributed by atoms with van der Waals surface area (Å²) in [4.78, 5) is 24.0. The van der Waals surface area contributed by atoms with Crippen molar-refractivity contribution in [3.63, 3.8) is 0 Å². The summed E-state index contributed by atoms with van der Waals surface area (Å²) in [5, 5.41) is 11.7. The van der Waals surface area contributed by atoms with Crippen LogP contribution in [0.2, 0.25) is 0 Å². The Balaban J connectivity index is 2.19. The Bertz CT molecular complexity index is 827. The third kappa shape index (κ3) is 4.93. The number of aliphatic carboxylic acids is 1. The number of amides is 1. The first-order valence-electron chi connectivity index (χ1n) is 8.15. The first-order valence-corrected chi connectivity index (χ1v) is 8.15. The van der Waals surface area contributed by atoms with Gasteiger partial charge in [0.1, 0.15) is 0 Å². The standard InChI is InChI=1S/C19H19F2NO5/c1-3-14(27-16-7-5-4-6-12(16)20)18(23)22-17(19(24)25)11-8-9-15(26-2)13(21)10-11/h4-10,14,17H,3H2,1-2H3,(H,22,23)(H,24,25). The van der Waals surface area contributed by atoms with Gasteiger partial charge in [-0.25, -0.2) is 13.6 Å². The van der Waals surface area contributed by atoms with E-state index in [2.05, 4.69) is 5.32 Å². The van der Waals surface area contributed by atoms with Gasteiger partial charge >= 0.3 is 5.97 Å². The monoisotopic (exact) mass is 379 g/mol. The SMILES string of the molecule is CCC(Oc1ccccc1F)C(=O)NC(C(=O)O)c1ccc(OC)c(F)c1. The van der Waals surface area contributed by atoms with Crippen molar-refractivity contribution in [2.45, 2.75) is 25.5 Å². The zero-order valence-electron chi connectivity index (χ0n) is 14.7. The summed E-state index contributed by atoms with van der Waals surface area (Å²) in [5.74, 6) is -3.72. The van der Waals surface area contributed by atoms with Crippen LogP contribution in [-0.2, 0) is 9.59 Å². The van der Waals surface area contributed by atoms with Crippen LogP contribution in [0.25, 0.3) is 0 Å². The van der Waals surface area contributed by atoms with Gasteiger partial charge in [0.15, 0.2) is 35.3 Å². The van der Waals surface area contributed by atoms with E-state index < -0.39 is 35.7 Å². The highest BCUT2D eigenvalue weighted by atomic mass is 19.1. The van der Waals surface area contributed by atoms with Crippen LogP contribution < -0.4 is 14.8 Å². The molecule has 0 saturated heterocycles. The maximum Gasteiger partial charge on any atom is 0.330 e. The zero-order chi connectivity index (χ0) is 20.0. The highest BCUT2D eigenvalue weighted by molar-refractivity contribution is 5.87. The maximum atomic E-state index is 13.9. The van der Waals surface area contributed by atoms with Crippen molar-refractivity contribution in [1.29, 1.82) is 0 Å². The van der Waals surface area contributed by atoms with Crippen LogP contribution in [-0.4, -0.2) is 30.2 Å². The number of carboxylic acids is 1. The minimum absolute atomic E-state index is 0.0231. The largest absolute Gasteiger partial charge is 0.494 e. The number of hydrogen-bond acceptors (Lipinski definition) is 4. The maximum absolute atomic E-state index is 13.9. The average molecular weight is 379 g/mol. The van der Waals surface area contributed by atoms with Gasteiger partial charge < -0.3 is 19.9 Å². The molecule has 0 bridgehead atoms. The second-order valence-electron chi connectivity index (χ2n) is 5.62. The van der Waals surface area contributed by atoms with Gasteiger partial charge in [-0.15, -0.1) is 0 Å². The second kappa shape index (κ2) is 8.98. The smallest absolute Gasteiger partial charge is 0.330 e. The number of methoxy groups -OCH3 is 1. The van der Waals surface area contributed by atoms with Gasteiger partial charge in [-0.3, -0.25) is 4.79 Å². The molecule has 144 valence electrons. The third-order valence-electron chi connectivity index (χ3n) is 3.81. The van der Waals surface area contributed by atoms with Gasteiger partial charge in [-0.1, -0.05) is 25.1 Å². The summed E-state index contributed by atoms with van der Waals surface area (Å²) in [6.45, 7) is 1.63. The van der Waals surface area contributed by atoms with E-state index in [9.17, 15) is 23.5 Å². The van der Waals surface area contributed by atoms with E-state index in [1.165, 1.54) is 37.4 Å². The van der Waals surface area contributed by atoms with Gasteiger partial charge in [-0.05, 0) is 36.2 Å². The molecule has 2 rings (SSSR count). The molecular weight excluding hydrogens is 360 g/mol. The van der Waals surface area contributed by atoms with Crippen molar-refractivity contribution in [3.8, 4) is 11.5 Å². The predicted molar refractivity (Wildman–Crippen MR) is 92.6 cm³/mol. The second-order valence-corrected chi connectivity index (χ2v) is 5.62. The molecular formula is C19H19F2NO5. The molecule has 8 heteroatoms. The molecule has 2 atom stereocenters. The molecule has 2 unspecified atom stereocenters. The number of nitrogens with one attached hydrogen (secondary N) is 1. The molecule has 0 radical (unpaired) electrons. The van der Waals surface area contributed by atoms with Crippen molar-refractivity contribution < 1.29 is 33.0 Å². The van der Waals surface area contributed by atoms with E-state index in [0.717, 1.165) is 6.07 Å². The molecule has 1 amide bonds. The molecule has 2 N–H and O–H groups in total. The number of carbonyl (C=O) groups is 2. The molecule has 0 aliphatic rings. The zero-order valence-corrected chi connectivity index (χ0v) is 14.7. The Kier molecular flexibility index (Phi) is 6.70. The fraction of sp³-hybridized carbons (Fsp3) is 0.263. The van der Waals surface area contributed by atoms with Gasteiger partial charge in [-0.2, -0.15) is 0 Å². The van der Waals surface area contributed by atoms with Crippen LogP contribution in [0.1, 0.15) is 24.9 Å². The van der Waals surface area contributed by atoms with Crippen LogP contribution in [0.3, 0.4) is 0 Å². The highest BCUT2D eigenvalue weighted by Crippen LogP contribution is 2.23. The molecule has 2 aromatic carbocycles. The Morgan fingerprint density at radius 1 is 1.11 bits per heavy atom. The molecule has 27 heavy (non-hydrogen) atoms. The van der Waals surface area contributed by atoms with Gasteiger partial charge in [0.05, 0.1) is 7.11 Å². The molecule has 0 saturated carbocycles. The lowest BCUT2D eigenvalue weighted by Gasteiger charge is -2.21. The molecule has 6 nitrogen and oxygen atoms in total. The molecule has 0 spiro atoms. The van der Waals surface area contributed by atoms with Crippen molar-refractivity contribution >= 4 is 11.9 Å². The lowest BCUT2D eigenvalue weighted by Crippen LogP contribution is -2.42. The third-order valence-corrected chi connectivity index (χ3v) is 3.81. The van der Waals surface area contributed by atoms with Crippen molar-refractivity contribution in [2.75, 3.05) is 7.11 Å². The number of benzene rings is 2. The van der Waals surface area contributed by atoms with Crippen LogP contribution in [0.5, 0.6) is 11.5 Å². The van der Waals surface area contributed by atoms with Crippen LogP contribution in [0.15, 0.2) is 42.5 Å². The quantitative estimate of drug-likeness (QED) is 0.736. The topological polar surface area (TPSA) is 84.9 Å². The normalized spacial score (nSPS) is 12.7. The number of hydrogen-bond donors (Lipinski definition) is 2. The van der Waals surface area contributed by atoms with Crippen molar-refractivity contribution in [2.24, 2.45) is 0 Å². The van der Waals surface area contributed by atoms with E-state index in [1.54, 1.807) is 13.0 Å². The fourth-order valence-corrected chi connectivity index (χ4v) is 2.40. The number of halogens is 2. The van der Waals surface area contributed by atoms with E-state index in [4.69, 9.17) is 9.47 Å². The number of carbonyl (C=O) groups excluding carboxylic acids is 1. The highest BCUT2D eigenvalue weighted by Gasteiger charge is 2.28. The first kappa shape index (κ1) is 20.2. The number of para-hydroxylation sites is 1. The fourth-order valence-electron chi connectivity index (χ4n) is 2.40. The minimum atomic E-state index is -1.50. The number of rotatable bonds is 8. The summed E-state index contributed by atoms with van der Waals surface area (Å²) in [7, 11) is 1.28. The summed E-state index contributed by atoms with van der Waals surface area (Å²) < 4.78 is 37.7. The van der Waals surface area contributed by atoms with Crippen molar-refractivity contribution in [1.82, 2.24) is 5.32 Å². The Hall–Kier alpha value is -3.16. The average Bonchev–Trinajstić information content (AvgIpc) is 2.65. The lowest BCUT2D eigenvalue weighted by atomic mass is 10.1. The van der Waals surface area contributed by atoms with Crippen molar-refractivity contribution in [3.05, 3.63) is 59.7 Å². The molecule has 0 heterocycles. The summed E-state index contributed by atoms with van der Waals surface area (Å²) >= 11 is 0. The summed E-state index contributed by atoms with van der Waals surface area (Å²) in [5.41, 5.74) is 0.0231. The van der Waals surface area contributed by atoms with E-state index in [0.29, 0.717) is 0 Å². The Morgan fingerprint density at radius 2 is 1.81 bits per heavy atom. The lowest BCUT2D eigenvalue weighted by molar-refractivity contribution is -0.143. The van der Waals surface area contributed by atoms with Gasteiger partial charge in [0.2, 0.25) is 0 Å². The van der Waals surface area contributed by atoms with E-state index in [1.807, 2.05) is 0 Å². The molecule has 2 aromatic rings. The predicted octanol–water partition coefficient (Wildman–Crippen LogP) is 3.07. The Morgan fingerprint density at radius 3 is 2.37 bits per heavy atom. The first-order chi connectivity index (χ1) is 12.9. The van der Waals surface area contributed by atoms with Crippen LogP contribution >= 0.6 is 0 Å². The Labute approximate surface area is 154 Å². The van der Waals surface area contributed by atoms with Crippen LogP contribution in [0.4, 0.5) is 8.78 Å². The number of carboxylic acid groups (broad SMARTS) is 1. The van der Waals surface area contributed by atoms with Gasteiger partial charge in [0.25, 0.3) is 5.91 Å². The minimum Gasteiger partial charge on any atom is -0.494 e. The number of ether oxygens (including phenoxy) is 2. The molecule has 0 fully saturated rings. The summed E-state index contributed by atoms with van der Waals surface area (Å²) in [6, 6.07) is 7.62. The van der Waals surface area contributed by atoms with Crippen LogP contribution in [0, 0.1) is 11.6 Å². The molecule has 0 aliphatic carbocycles. The molecule has 0 aliphatic heterocycles. The van der Waals surface area contributed by atoms with Gasteiger partial charge in [0, 0.05) is 0 Å². The summed E-state index contributed by atoms with van der Waals surface area (Å²) in [6.07, 6.45) is -0.949. The molecule has 0 aromatic heterocycles. The van der Waals surface area contributed by atoms with E-state index >= 15 is 0 Å².